The molecule has 0 spiro atoms. The summed E-state index contributed by atoms with van der Waals surface area (Å²) in [6.45, 7) is 5.77. The molecule has 0 rings (SSSR count). The molecule has 0 unspecified atom stereocenters. The number of halogens is 1. The van der Waals surface area contributed by atoms with Crippen LogP contribution in [0.4, 0.5) is 4.39 Å². The zero-order valence-corrected chi connectivity index (χ0v) is 9.58. The molecule has 0 saturated carbocycles. The second-order valence-corrected chi connectivity index (χ2v) is 3.51. The fourth-order valence-corrected chi connectivity index (χ4v) is 1.23. The van der Waals surface area contributed by atoms with E-state index in [0.29, 0.717) is 13.0 Å². The van der Waals surface area contributed by atoms with Crippen molar-refractivity contribution in [3.8, 4) is 0 Å². The summed E-state index contributed by atoms with van der Waals surface area (Å²) >= 11 is 0. The van der Waals surface area contributed by atoms with Crippen LogP contribution in [0.25, 0.3) is 0 Å². The zero-order valence-electron chi connectivity index (χ0n) is 9.58. The quantitative estimate of drug-likeness (QED) is 0.365. The molecule has 0 aliphatic carbocycles. The molecule has 15 heavy (non-hydrogen) atoms. The summed E-state index contributed by atoms with van der Waals surface area (Å²) in [5, 5.41) is 5.35. The molecule has 0 aliphatic heterocycles. The van der Waals surface area contributed by atoms with Crippen LogP contribution in [-0.4, -0.2) is 24.9 Å². The molecular weight excluding hydrogens is 193 g/mol. The first-order valence-corrected chi connectivity index (χ1v) is 5.50. The average molecular weight is 215 g/mol. The predicted octanol–water partition coefficient (Wildman–Crippen LogP) is 2.64. The minimum atomic E-state index is -0.338. The molecule has 88 valence electrons. The van der Waals surface area contributed by atoms with Crippen molar-refractivity contribution in [3.05, 3.63) is 11.9 Å². The van der Waals surface area contributed by atoms with E-state index in [4.69, 9.17) is 5.73 Å². The van der Waals surface area contributed by atoms with Gasteiger partial charge in [-0.15, -0.1) is 0 Å². The number of hydrogen-bond donors (Lipinski definition) is 1. The van der Waals surface area contributed by atoms with Crippen LogP contribution in [0, 0.1) is 0 Å². The largest absolute Gasteiger partial charge is 0.401 e. The third-order valence-electron chi connectivity index (χ3n) is 2.09. The highest BCUT2D eigenvalue weighted by atomic mass is 19.1. The van der Waals surface area contributed by atoms with Gasteiger partial charge in [-0.2, -0.15) is 5.10 Å². The van der Waals surface area contributed by atoms with Gasteiger partial charge in [0.25, 0.3) is 0 Å². The Balaban J connectivity index is 3.87. The molecule has 3 nitrogen and oxygen atoms in total. The third-order valence-corrected chi connectivity index (χ3v) is 2.09. The summed E-state index contributed by atoms with van der Waals surface area (Å²) in [5.41, 5.74) is 6.59. The van der Waals surface area contributed by atoms with Gasteiger partial charge in [0.2, 0.25) is 0 Å². The van der Waals surface area contributed by atoms with Gasteiger partial charge < -0.3 is 5.73 Å². The van der Waals surface area contributed by atoms with E-state index < -0.39 is 0 Å². The van der Waals surface area contributed by atoms with Crippen molar-refractivity contribution in [2.75, 3.05) is 13.2 Å². The van der Waals surface area contributed by atoms with Gasteiger partial charge >= 0.3 is 0 Å². The maximum Gasteiger partial charge on any atom is 0.0912 e. The Labute approximate surface area is 91.8 Å². The topological polar surface area (TPSA) is 41.6 Å². The standard InChI is InChI=1S/C11H22FN3/c1-3-4-5-7-11(13)10-15(14-2)9-6-8-12/h10H,2-9,13H2,1H3/b11-10-. The molecule has 0 fully saturated rings. The number of nitrogens with two attached hydrogens (primary N) is 1. The zero-order chi connectivity index (χ0) is 11.5. The lowest BCUT2D eigenvalue weighted by molar-refractivity contribution is 0.354. The van der Waals surface area contributed by atoms with E-state index in [1.54, 1.807) is 11.2 Å². The van der Waals surface area contributed by atoms with Crippen LogP contribution in [0.5, 0.6) is 0 Å². The van der Waals surface area contributed by atoms with Crippen molar-refractivity contribution in [2.45, 2.75) is 39.0 Å². The number of unbranched alkanes of at least 4 members (excludes halogenated alkanes) is 2. The highest BCUT2D eigenvalue weighted by Gasteiger charge is 1.98. The third kappa shape index (κ3) is 7.97. The minimum absolute atomic E-state index is 0.338. The highest BCUT2D eigenvalue weighted by Crippen LogP contribution is 2.06. The smallest absolute Gasteiger partial charge is 0.0912 e. The van der Waals surface area contributed by atoms with Crippen LogP contribution in [0.15, 0.2) is 17.0 Å². The highest BCUT2D eigenvalue weighted by molar-refractivity contribution is 5.23. The molecule has 0 aromatic heterocycles. The lowest BCUT2D eigenvalue weighted by Gasteiger charge is -2.13. The number of nitrogens with zero attached hydrogens (tertiary/aromatic N) is 2. The van der Waals surface area contributed by atoms with E-state index in [1.165, 1.54) is 12.8 Å². The monoisotopic (exact) mass is 215 g/mol. The first kappa shape index (κ1) is 13.9. The molecule has 0 atom stereocenters. The number of allylic oxidation sites excluding steroid dienone is 1. The second kappa shape index (κ2) is 9.49. The molecular formula is C11H22FN3. The fourth-order valence-electron chi connectivity index (χ4n) is 1.23. The van der Waals surface area contributed by atoms with Crippen molar-refractivity contribution in [3.63, 3.8) is 0 Å². The summed E-state index contributed by atoms with van der Waals surface area (Å²) in [6.07, 6.45) is 6.53. The Morgan fingerprint density at radius 3 is 2.73 bits per heavy atom. The molecule has 0 bridgehead atoms. The number of rotatable bonds is 9. The van der Waals surface area contributed by atoms with E-state index in [9.17, 15) is 4.39 Å². The first-order valence-electron chi connectivity index (χ1n) is 5.50. The van der Waals surface area contributed by atoms with Gasteiger partial charge in [-0.3, -0.25) is 9.40 Å². The summed E-state index contributed by atoms with van der Waals surface area (Å²) in [6, 6.07) is 0. The van der Waals surface area contributed by atoms with E-state index >= 15 is 0 Å². The lowest BCUT2D eigenvalue weighted by atomic mass is 10.2. The molecule has 0 heterocycles. The lowest BCUT2D eigenvalue weighted by Crippen LogP contribution is -2.14. The van der Waals surface area contributed by atoms with Gasteiger partial charge in [-0.1, -0.05) is 19.8 Å². The van der Waals surface area contributed by atoms with Crippen molar-refractivity contribution in [2.24, 2.45) is 10.8 Å². The van der Waals surface area contributed by atoms with E-state index in [2.05, 4.69) is 18.7 Å². The molecule has 0 aromatic carbocycles. The minimum Gasteiger partial charge on any atom is -0.401 e. The maximum absolute atomic E-state index is 11.9. The summed E-state index contributed by atoms with van der Waals surface area (Å²) in [7, 11) is 0. The van der Waals surface area contributed by atoms with E-state index in [0.717, 1.165) is 18.5 Å². The Morgan fingerprint density at radius 1 is 1.47 bits per heavy atom. The van der Waals surface area contributed by atoms with Gasteiger partial charge in [0.15, 0.2) is 0 Å². The summed E-state index contributed by atoms with van der Waals surface area (Å²) < 4.78 is 11.9. The molecule has 0 saturated heterocycles. The van der Waals surface area contributed by atoms with Crippen molar-refractivity contribution >= 4 is 6.72 Å². The maximum atomic E-state index is 11.9. The van der Waals surface area contributed by atoms with Gasteiger partial charge in [-0.25, -0.2) is 0 Å². The summed E-state index contributed by atoms with van der Waals surface area (Å²) in [5.74, 6) is 0. The van der Waals surface area contributed by atoms with Gasteiger partial charge in [-0.05, 0) is 19.3 Å². The Bertz CT molecular complexity index is 192. The predicted molar refractivity (Wildman–Crippen MR) is 63.3 cm³/mol. The van der Waals surface area contributed by atoms with Crippen molar-refractivity contribution < 1.29 is 4.39 Å². The average Bonchev–Trinajstić information content (AvgIpc) is 2.24. The SMILES string of the molecule is C=NN(/C=C(\N)CCCCC)CCCF. The van der Waals surface area contributed by atoms with Crippen molar-refractivity contribution in [1.82, 2.24) is 5.01 Å². The Kier molecular flexibility index (Phi) is 8.82. The van der Waals surface area contributed by atoms with Crippen LogP contribution >= 0.6 is 0 Å². The van der Waals surface area contributed by atoms with E-state index in [1.807, 2.05) is 0 Å². The second-order valence-electron chi connectivity index (χ2n) is 3.51. The first-order chi connectivity index (χ1) is 7.24. The number of hydrogen-bond acceptors (Lipinski definition) is 3. The van der Waals surface area contributed by atoms with Gasteiger partial charge in [0.1, 0.15) is 0 Å². The number of alkyl halides is 1. The molecule has 4 heteroatoms. The van der Waals surface area contributed by atoms with Crippen LogP contribution < -0.4 is 5.73 Å². The van der Waals surface area contributed by atoms with Crippen LogP contribution in [0.2, 0.25) is 0 Å². The normalized spacial score (nSPS) is 11.5. The van der Waals surface area contributed by atoms with Gasteiger partial charge in [0.05, 0.1) is 6.67 Å². The molecule has 0 amide bonds. The number of hydrazone groups is 1. The van der Waals surface area contributed by atoms with Crippen LogP contribution in [0.1, 0.15) is 39.0 Å². The molecule has 2 N–H and O–H groups in total. The van der Waals surface area contributed by atoms with Gasteiger partial charge in [0, 0.05) is 25.2 Å². The van der Waals surface area contributed by atoms with Crippen molar-refractivity contribution in [1.29, 1.82) is 0 Å². The van der Waals surface area contributed by atoms with Crippen LogP contribution in [-0.2, 0) is 0 Å². The Hall–Kier alpha value is -1.06. The molecule has 0 aliphatic rings. The van der Waals surface area contributed by atoms with E-state index in [-0.39, 0.29) is 6.67 Å². The Morgan fingerprint density at radius 2 is 2.20 bits per heavy atom. The van der Waals surface area contributed by atoms with Crippen LogP contribution in [0.3, 0.4) is 0 Å². The summed E-state index contributed by atoms with van der Waals surface area (Å²) in [4.78, 5) is 0. The fraction of sp³-hybridized carbons (Fsp3) is 0.727. The molecule has 0 aromatic rings. The molecule has 0 radical (unpaired) electrons.